The van der Waals surface area contributed by atoms with Crippen molar-refractivity contribution in [3.8, 4) is 0 Å². The molecule has 0 unspecified atom stereocenters. The molecule has 0 amide bonds. The molecule has 150 valence electrons. The topological polar surface area (TPSA) is 87.8 Å². The zero-order valence-corrected chi connectivity index (χ0v) is 18.6. The van der Waals surface area contributed by atoms with Crippen LogP contribution >= 0.6 is 28.6 Å². The van der Waals surface area contributed by atoms with E-state index in [0.717, 1.165) is 6.08 Å². The molecule has 0 spiro atoms. The average Bonchev–Trinajstić information content (AvgIpc) is 2.64. The lowest BCUT2D eigenvalue weighted by Crippen LogP contribution is -2.17. The maximum absolute atomic E-state index is 11.7. The standard InChI is InChI=1S/C17H20BrNO5S.C2H6/c1-10(2)24-15(21)9-23-13(8-14(20)22-3)16(18)17(25)11-5-4-6-12(19)7-11;1-2/h4-8,10,25H,9,19H2,1-3H3;1-2H3/b13-8-,17-16+;. The number of benzene rings is 1. The first-order chi connectivity index (χ1) is 12.7. The van der Waals surface area contributed by atoms with E-state index in [2.05, 4.69) is 33.3 Å². The Morgan fingerprint density at radius 3 is 2.44 bits per heavy atom. The van der Waals surface area contributed by atoms with Gasteiger partial charge in [0.25, 0.3) is 0 Å². The van der Waals surface area contributed by atoms with Gasteiger partial charge in [-0.2, -0.15) is 0 Å². The highest BCUT2D eigenvalue weighted by atomic mass is 79.9. The normalized spacial score (nSPS) is 11.8. The number of nitrogens with two attached hydrogens (primary N) is 1. The van der Waals surface area contributed by atoms with E-state index in [1.165, 1.54) is 7.11 Å². The molecule has 0 aliphatic heterocycles. The molecule has 0 saturated heterocycles. The number of anilines is 1. The van der Waals surface area contributed by atoms with Gasteiger partial charge in [-0.25, -0.2) is 9.59 Å². The Bertz CT molecular complexity index is 701. The van der Waals surface area contributed by atoms with Crippen molar-refractivity contribution in [1.29, 1.82) is 0 Å². The fraction of sp³-hybridized carbons (Fsp3) is 0.368. The molecule has 0 aliphatic carbocycles. The number of esters is 2. The number of rotatable bonds is 7. The van der Waals surface area contributed by atoms with Crippen molar-refractivity contribution in [2.45, 2.75) is 33.8 Å². The molecule has 0 saturated carbocycles. The lowest BCUT2D eigenvalue weighted by molar-refractivity contribution is -0.151. The van der Waals surface area contributed by atoms with E-state index in [1.807, 2.05) is 13.8 Å². The number of hydrogen-bond acceptors (Lipinski definition) is 7. The van der Waals surface area contributed by atoms with Gasteiger partial charge in [-0.3, -0.25) is 0 Å². The number of carbonyl (C=O) groups is 2. The third-order valence-electron chi connectivity index (χ3n) is 2.75. The second-order valence-electron chi connectivity index (χ2n) is 5.15. The minimum atomic E-state index is -0.641. The maximum atomic E-state index is 11.7. The van der Waals surface area contributed by atoms with E-state index in [4.69, 9.17) is 15.2 Å². The second-order valence-corrected chi connectivity index (χ2v) is 6.39. The molecule has 0 bridgehead atoms. The predicted molar refractivity (Wildman–Crippen MR) is 114 cm³/mol. The minimum Gasteiger partial charge on any atom is -0.480 e. The Balaban J connectivity index is 0.00000326. The van der Waals surface area contributed by atoms with E-state index < -0.39 is 11.9 Å². The smallest absolute Gasteiger partial charge is 0.344 e. The summed E-state index contributed by atoms with van der Waals surface area (Å²) >= 11 is 7.78. The summed E-state index contributed by atoms with van der Waals surface area (Å²) in [5.74, 6) is -1.12. The van der Waals surface area contributed by atoms with E-state index in [1.54, 1.807) is 38.1 Å². The first-order valence-electron chi connectivity index (χ1n) is 8.31. The second kappa shape index (κ2) is 13.3. The van der Waals surface area contributed by atoms with Gasteiger partial charge in [0.15, 0.2) is 6.61 Å². The third-order valence-corrected chi connectivity index (χ3v) is 4.32. The molecule has 0 aliphatic rings. The third kappa shape index (κ3) is 9.53. The van der Waals surface area contributed by atoms with Gasteiger partial charge in [0.05, 0.1) is 23.8 Å². The molecule has 0 aromatic heterocycles. The van der Waals surface area contributed by atoms with Gasteiger partial charge >= 0.3 is 11.9 Å². The summed E-state index contributed by atoms with van der Waals surface area (Å²) in [7, 11) is 1.24. The fourth-order valence-electron chi connectivity index (χ4n) is 1.70. The number of ether oxygens (including phenoxy) is 3. The number of carbonyl (C=O) groups excluding carboxylic acids is 2. The highest BCUT2D eigenvalue weighted by Gasteiger charge is 2.15. The van der Waals surface area contributed by atoms with Gasteiger partial charge in [0.1, 0.15) is 5.76 Å². The van der Waals surface area contributed by atoms with Crippen LogP contribution in [0.2, 0.25) is 0 Å². The first kappa shape index (κ1) is 25.1. The molecule has 1 aromatic rings. The van der Waals surface area contributed by atoms with Crippen LogP contribution in [0.25, 0.3) is 4.91 Å². The maximum Gasteiger partial charge on any atom is 0.344 e. The summed E-state index contributed by atoms with van der Waals surface area (Å²) in [6.45, 7) is 7.09. The zero-order chi connectivity index (χ0) is 21.0. The van der Waals surface area contributed by atoms with Crippen LogP contribution < -0.4 is 5.73 Å². The van der Waals surface area contributed by atoms with Gasteiger partial charge < -0.3 is 19.9 Å². The number of nitrogen functional groups attached to an aromatic ring is 1. The molecule has 8 heteroatoms. The van der Waals surface area contributed by atoms with Crippen molar-refractivity contribution >= 4 is 51.1 Å². The van der Waals surface area contributed by atoms with Crippen LogP contribution in [0.1, 0.15) is 33.3 Å². The Kier molecular flexibility index (Phi) is 12.3. The SMILES string of the molecule is CC.COC(=O)/C=C(OCC(=O)OC(C)C)/C(Br)=C(\S)c1cccc(N)c1. The first-order valence-corrected chi connectivity index (χ1v) is 9.55. The number of methoxy groups -OCH3 is 1. The summed E-state index contributed by atoms with van der Waals surface area (Å²) in [5.41, 5.74) is 7.03. The summed E-state index contributed by atoms with van der Waals surface area (Å²) in [6.07, 6.45) is 0.839. The molecular formula is C19H26BrNO5S. The van der Waals surface area contributed by atoms with Crippen LogP contribution in [0.5, 0.6) is 0 Å². The molecule has 2 N–H and O–H groups in total. The van der Waals surface area contributed by atoms with Crippen LogP contribution in [0.4, 0.5) is 5.69 Å². The number of thiol groups is 1. The molecule has 27 heavy (non-hydrogen) atoms. The molecule has 6 nitrogen and oxygen atoms in total. The van der Waals surface area contributed by atoms with Crippen LogP contribution in [0.15, 0.2) is 40.6 Å². The van der Waals surface area contributed by atoms with Crippen LogP contribution in [0.3, 0.4) is 0 Å². The van der Waals surface area contributed by atoms with E-state index in [0.29, 0.717) is 20.6 Å². The molecular weight excluding hydrogens is 434 g/mol. The number of hydrogen-bond donors (Lipinski definition) is 2. The summed E-state index contributed by atoms with van der Waals surface area (Å²) in [4.78, 5) is 23.7. The van der Waals surface area contributed by atoms with Gasteiger partial charge in [-0.1, -0.05) is 26.0 Å². The van der Waals surface area contributed by atoms with Gasteiger partial charge in [0.2, 0.25) is 0 Å². The summed E-state index contributed by atoms with van der Waals surface area (Å²) < 4.78 is 15.4. The number of halogens is 1. The monoisotopic (exact) mass is 459 g/mol. The molecule has 1 rings (SSSR count). The Hall–Kier alpha value is -1.93. The molecule has 0 fully saturated rings. The van der Waals surface area contributed by atoms with Crippen molar-refractivity contribution < 1.29 is 23.8 Å². The van der Waals surface area contributed by atoms with Crippen molar-refractivity contribution in [2.75, 3.05) is 19.5 Å². The van der Waals surface area contributed by atoms with Gasteiger partial charge in [0, 0.05) is 10.6 Å². The van der Waals surface area contributed by atoms with Crippen molar-refractivity contribution in [3.05, 3.63) is 46.1 Å². The van der Waals surface area contributed by atoms with Gasteiger partial charge in [-0.05, 0) is 47.5 Å². The summed E-state index contributed by atoms with van der Waals surface area (Å²) in [5, 5.41) is 0. The Morgan fingerprint density at radius 1 is 1.30 bits per heavy atom. The van der Waals surface area contributed by atoms with Crippen molar-refractivity contribution in [1.82, 2.24) is 0 Å². The highest BCUT2D eigenvalue weighted by molar-refractivity contribution is 9.12. The Morgan fingerprint density at radius 2 is 1.93 bits per heavy atom. The molecule has 0 radical (unpaired) electrons. The van der Waals surface area contributed by atoms with Crippen LogP contribution in [-0.2, 0) is 23.8 Å². The van der Waals surface area contributed by atoms with Crippen LogP contribution in [-0.4, -0.2) is 31.8 Å². The fourth-order valence-corrected chi connectivity index (χ4v) is 2.40. The highest BCUT2D eigenvalue weighted by Crippen LogP contribution is 2.32. The molecule has 0 heterocycles. The lowest BCUT2D eigenvalue weighted by Gasteiger charge is -2.13. The van der Waals surface area contributed by atoms with E-state index >= 15 is 0 Å². The van der Waals surface area contributed by atoms with Crippen LogP contribution in [0, 0.1) is 0 Å². The predicted octanol–water partition coefficient (Wildman–Crippen LogP) is 4.31. The number of allylic oxidation sites excluding steroid dienone is 1. The Labute approximate surface area is 174 Å². The molecule has 1 aromatic carbocycles. The molecule has 0 atom stereocenters. The minimum absolute atomic E-state index is 0.0833. The summed E-state index contributed by atoms with van der Waals surface area (Å²) in [6, 6.07) is 7.02. The van der Waals surface area contributed by atoms with Crippen molar-refractivity contribution in [3.63, 3.8) is 0 Å². The zero-order valence-electron chi connectivity index (χ0n) is 16.1. The quantitative estimate of drug-likeness (QED) is 0.157. The average molecular weight is 460 g/mol. The van der Waals surface area contributed by atoms with Crippen molar-refractivity contribution in [2.24, 2.45) is 0 Å². The van der Waals surface area contributed by atoms with E-state index in [9.17, 15) is 9.59 Å². The van der Waals surface area contributed by atoms with E-state index in [-0.39, 0.29) is 18.5 Å². The lowest BCUT2D eigenvalue weighted by atomic mass is 10.2. The van der Waals surface area contributed by atoms with Gasteiger partial charge in [-0.15, -0.1) is 12.6 Å². The largest absolute Gasteiger partial charge is 0.480 e.